The molecular weight excluding hydrogens is 274 g/mol. The van der Waals surface area contributed by atoms with Crippen LogP contribution in [0.5, 0.6) is 0 Å². The van der Waals surface area contributed by atoms with E-state index < -0.39 is 0 Å². The van der Waals surface area contributed by atoms with Crippen molar-refractivity contribution in [1.82, 2.24) is 14.6 Å². The van der Waals surface area contributed by atoms with Gasteiger partial charge in [-0.05, 0) is 31.9 Å². The van der Waals surface area contributed by atoms with Crippen LogP contribution in [0, 0.1) is 0 Å². The number of carbonyl (C=O) groups excluding carboxylic acids is 1. The molecule has 2 aromatic heterocycles. The van der Waals surface area contributed by atoms with Gasteiger partial charge in [0.1, 0.15) is 0 Å². The van der Waals surface area contributed by atoms with Crippen molar-refractivity contribution in [3.05, 3.63) is 24.4 Å². The Morgan fingerprint density at radius 3 is 3.05 bits per heavy atom. The smallest absolute Gasteiger partial charge is 0.305 e. The normalized spacial score (nSPS) is 10.8. The van der Waals surface area contributed by atoms with E-state index in [0.717, 1.165) is 35.8 Å². The van der Waals surface area contributed by atoms with Crippen molar-refractivity contribution < 1.29 is 9.53 Å². The molecule has 0 spiro atoms. The summed E-state index contributed by atoms with van der Waals surface area (Å²) in [6.07, 6.45) is 5.47. The van der Waals surface area contributed by atoms with Gasteiger partial charge < -0.3 is 4.74 Å². The summed E-state index contributed by atoms with van der Waals surface area (Å²) in [5.41, 5.74) is 0.873. The number of hydrogen-bond acceptors (Lipinski definition) is 5. The number of pyridine rings is 1. The third-order valence-corrected chi connectivity index (χ3v) is 3.87. The largest absolute Gasteiger partial charge is 0.466 e. The standard InChI is InChI=1S/C14H19N3O2S/c1-2-19-13(18)9-4-3-7-11-20-14-16-15-12-8-5-6-10-17(12)14/h5-6,8,10H,2-4,7,9,11H2,1H3. The van der Waals surface area contributed by atoms with Gasteiger partial charge in [-0.3, -0.25) is 9.20 Å². The van der Waals surface area contributed by atoms with Crippen LogP contribution in [-0.4, -0.2) is 32.9 Å². The molecule has 2 heterocycles. The molecule has 0 aliphatic rings. The first-order valence-corrected chi connectivity index (χ1v) is 7.88. The van der Waals surface area contributed by atoms with E-state index in [4.69, 9.17) is 4.74 Å². The molecule has 108 valence electrons. The minimum Gasteiger partial charge on any atom is -0.466 e. The lowest BCUT2D eigenvalue weighted by Crippen LogP contribution is -2.03. The molecule has 0 aliphatic heterocycles. The average Bonchev–Trinajstić information content (AvgIpc) is 2.86. The number of aromatic nitrogens is 3. The van der Waals surface area contributed by atoms with Crippen LogP contribution >= 0.6 is 11.8 Å². The summed E-state index contributed by atoms with van der Waals surface area (Å²) >= 11 is 1.70. The van der Waals surface area contributed by atoms with Crippen LogP contribution < -0.4 is 0 Å². The molecule has 0 aliphatic carbocycles. The Labute approximate surface area is 122 Å². The summed E-state index contributed by atoms with van der Waals surface area (Å²) in [6.45, 7) is 2.30. The molecule has 2 rings (SSSR count). The highest BCUT2D eigenvalue weighted by molar-refractivity contribution is 7.99. The molecule has 5 nitrogen and oxygen atoms in total. The van der Waals surface area contributed by atoms with Gasteiger partial charge in [0.2, 0.25) is 0 Å². The van der Waals surface area contributed by atoms with Gasteiger partial charge in [-0.2, -0.15) is 0 Å². The van der Waals surface area contributed by atoms with Crippen molar-refractivity contribution in [2.24, 2.45) is 0 Å². The minimum atomic E-state index is -0.0939. The van der Waals surface area contributed by atoms with Crippen molar-refractivity contribution in [1.29, 1.82) is 0 Å². The van der Waals surface area contributed by atoms with Gasteiger partial charge in [0.25, 0.3) is 0 Å². The van der Waals surface area contributed by atoms with Crippen molar-refractivity contribution in [2.45, 2.75) is 37.8 Å². The zero-order chi connectivity index (χ0) is 14.2. The molecule has 2 aromatic rings. The van der Waals surface area contributed by atoms with Gasteiger partial charge in [-0.1, -0.05) is 24.2 Å². The van der Waals surface area contributed by atoms with Crippen LogP contribution in [0.2, 0.25) is 0 Å². The molecule has 0 fully saturated rings. The fourth-order valence-electron chi connectivity index (χ4n) is 1.86. The van der Waals surface area contributed by atoms with E-state index in [2.05, 4.69) is 10.2 Å². The lowest BCUT2D eigenvalue weighted by Gasteiger charge is -2.02. The first-order valence-electron chi connectivity index (χ1n) is 6.89. The number of carbonyl (C=O) groups is 1. The zero-order valence-corrected chi connectivity index (χ0v) is 12.4. The molecule has 0 saturated carbocycles. The van der Waals surface area contributed by atoms with Gasteiger partial charge in [0, 0.05) is 18.4 Å². The van der Waals surface area contributed by atoms with Crippen LogP contribution in [0.1, 0.15) is 32.6 Å². The molecule has 0 amide bonds. The van der Waals surface area contributed by atoms with Gasteiger partial charge in [0.05, 0.1) is 6.61 Å². The van der Waals surface area contributed by atoms with Gasteiger partial charge >= 0.3 is 5.97 Å². The monoisotopic (exact) mass is 293 g/mol. The first-order chi connectivity index (χ1) is 9.81. The number of fused-ring (bicyclic) bond motifs is 1. The maximum atomic E-state index is 11.2. The van der Waals surface area contributed by atoms with Crippen molar-refractivity contribution in [2.75, 3.05) is 12.4 Å². The Morgan fingerprint density at radius 2 is 2.20 bits per heavy atom. The molecule has 0 atom stereocenters. The molecule has 0 N–H and O–H groups in total. The third-order valence-electron chi connectivity index (χ3n) is 2.84. The third kappa shape index (κ3) is 4.23. The van der Waals surface area contributed by atoms with Crippen LogP contribution in [0.4, 0.5) is 0 Å². The number of nitrogens with zero attached hydrogens (tertiary/aromatic N) is 3. The second-order valence-corrected chi connectivity index (χ2v) is 5.44. The summed E-state index contributed by atoms with van der Waals surface area (Å²) < 4.78 is 6.88. The molecule has 6 heteroatoms. The fraction of sp³-hybridized carbons (Fsp3) is 0.500. The van der Waals surface area contributed by atoms with Crippen LogP contribution in [-0.2, 0) is 9.53 Å². The van der Waals surface area contributed by atoms with E-state index >= 15 is 0 Å². The van der Waals surface area contributed by atoms with Gasteiger partial charge in [-0.25, -0.2) is 0 Å². The Hall–Kier alpha value is -1.56. The maximum Gasteiger partial charge on any atom is 0.305 e. The van der Waals surface area contributed by atoms with Crippen molar-refractivity contribution in [3.8, 4) is 0 Å². The maximum absolute atomic E-state index is 11.2. The van der Waals surface area contributed by atoms with Gasteiger partial charge in [0.15, 0.2) is 10.8 Å². The number of hydrogen-bond donors (Lipinski definition) is 0. The molecule has 0 aromatic carbocycles. The second kappa shape index (κ2) is 7.89. The Bertz CT molecular complexity index is 556. The number of unbranched alkanes of at least 4 members (excludes halogenated alkanes) is 2. The van der Waals surface area contributed by atoms with E-state index in [1.807, 2.05) is 35.7 Å². The Kier molecular flexibility index (Phi) is 5.86. The van der Waals surface area contributed by atoms with E-state index in [1.165, 1.54) is 0 Å². The van der Waals surface area contributed by atoms with E-state index in [0.29, 0.717) is 13.0 Å². The van der Waals surface area contributed by atoms with Crippen LogP contribution in [0.15, 0.2) is 29.6 Å². The lowest BCUT2D eigenvalue weighted by molar-refractivity contribution is -0.143. The van der Waals surface area contributed by atoms with Gasteiger partial charge in [-0.15, -0.1) is 10.2 Å². The summed E-state index contributed by atoms with van der Waals surface area (Å²) in [7, 11) is 0. The molecular formula is C14H19N3O2S. The summed E-state index contributed by atoms with van der Waals surface area (Å²) in [6, 6.07) is 5.87. The fourth-order valence-corrected chi connectivity index (χ4v) is 2.79. The highest BCUT2D eigenvalue weighted by Crippen LogP contribution is 2.18. The molecule has 0 bridgehead atoms. The molecule has 0 saturated heterocycles. The summed E-state index contributed by atoms with van der Waals surface area (Å²) in [4.78, 5) is 11.2. The Morgan fingerprint density at radius 1 is 1.30 bits per heavy atom. The number of rotatable bonds is 8. The minimum absolute atomic E-state index is 0.0939. The lowest BCUT2D eigenvalue weighted by atomic mass is 10.2. The highest BCUT2D eigenvalue weighted by Gasteiger charge is 2.05. The number of thioether (sulfide) groups is 1. The van der Waals surface area contributed by atoms with Crippen LogP contribution in [0.3, 0.4) is 0 Å². The zero-order valence-electron chi connectivity index (χ0n) is 11.6. The molecule has 0 radical (unpaired) electrons. The van der Waals surface area contributed by atoms with E-state index in [1.54, 1.807) is 11.8 Å². The summed E-state index contributed by atoms with van der Waals surface area (Å²) in [5, 5.41) is 9.20. The quantitative estimate of drug-likeness (QED) is 0.425. The van der Waals surface area contributed by atoms with Crippen molar-refractivity contribution in [3.63, 3.8) is 0 Å². The van der Waals surface area contributed by atoms with Crippen molar-refractivity contribution >= 4 is 23.4 Å². The average molecular weight is 293 g/mol. The first kappa shape index (κ1) is 14.8. The predicted octanol–water partition coefficient (Wildman–Crippen LogP) is 2.94. The second-order valence-electron chi connectivity index (χ2n) is 4.38. The SMILES string of the molecule is CCOC(=O)CCCCCSc1nnc2ccccn12. The molecule has 20 heavy (non-hydrogen) atoms. The van der Waals surface area contributed by atoms with Crippen LogP contribution in [0.25, 0.3) is 5.65 Å². The van der Waals surface area contributed by atoms with E-state index in [-0.39, 0.29) is 5.97 Å². The topological polar surface area (TPSA) is 56.5 Å². The summed E-state index contributed by atoms with van der Waals surface area (Å²) in [5.74, 6) is 0.891. The highest BCUT2D eigenvalue weighted by atomic mass is 32.2. The number of esters is 1. The Balaban J connectivity index is 1.65. The van der Waals surface area contributed by atoms with E-state index in [9.17, 15) is 4.79 Å². The predicted molar refractivity (Wildman–Crippen MR) is 78.8 cm³/mol. The molecule has 0 unspecified atom stereocenters. The number of ether oxygens (including phenoxy) is 1.